The van der Waals surface area contributed by atoms with E-state index in [1.165, 1.54) is 0 Å². The van der Waals surface area contributed by atoms with Gasteiger partial charge >= 0.3 is 5.97 Å². The third kappa shape index (κ3) is 3.31. The number of rotatable bonds is 4. The number of hydrogen-bond acceptors (Lipinski definition) is 3. The first-order valence-corrected chi connectivity index (χ1v) is 5.89. The number of thioether (sulfide) groups is 1. The zero-order chi connectivity index (χ0) is 12.1. The zero-order valence-electron chi connectivity index (χ0n) is 9.36. The Morgan fingerprint density at radius 1 is 1.56 bits per heavy atom. The Hall–Kier alpha value is -1.42. The number of nitrogens with two attached hydrogens (primary N) is 1. The van der Waals surface area contributed by atoms with Crippen LogP contribution in [0.5, 0.6) is 0 Å². The summed E-state index contributed by atoms with van der Waals surface area (Å²) in [5.74, 6) is -0.260. The van der Waals surface area contributed by atoms with Crippen molar-refractivity contribution in [1.29, 1.82) is 0 Å². The van der Waals surface area contributed by atoms with E-state index in [9.17, 15) is 4.79 Å². The van der Waals surface area contributed by atoms with Crippen molar-refractivity contribution in [2.75, 3.05) is 11.5 Å². The number of aliphatic carboxylic acids is 1. The molecule has 0 aliphatic heterocycles. The van der Waals surface area contributed by atoms with Gasteiger partial charge in [-0.05, 0) is 25.5 Å². The number of para-hydroxylation sites is 1. The van der Waals surface area contributed by atoms with Crippen molar-refractivity contribution in [3.05, 3.63) is 35.4 Å². The molecule has 0 atom stereocenters. The van der Waals surface area contributed by atoms with E-state index in [1.54, 1.807) is 24.8 Å². The summed E-state index contributed by atoms with van der Waals surface area (Å²) in [6.45, 7) is 3.54. The predicted octanol–water partition coefficient (Wildman–Crippen LogP) is 2.70. The second kappa shape index (κ2) is 5.61. The van der Waals surface area contributed by atoms with Crippen LogP contribution in [0.25, 0.3) is 0 Å². The van der Waals surface area contributed by atoms with E-state index in [-0.39, 0.29) is 0 Å². The van der Waals surface area contributed by atoms with Crippen molar-refractivity contribution in [3.8, 4) is 0 Å². The van der Waals surface area contributed by atoms with Gasteiger partial charge in [0.05, 0.1) is 0 Å². The van der Waals surface area contributed by atoms with Crippen LogP contribution in [-0.2, 0) is 4.79 Å². The molecule has 1 aromatic rings. The molecule has 3 N–H and O–H groups in total. The number of nitrogen functional groups attached to an aromatic ring is 1. The summed E-state index contributed by atoms with van der Waals surface area (Å²) in [4.78, 5) is 11.6. The third-order valence-corrected chi connectivity index (χ3v) is 3.25. The molecule has 0 aromatic heterocycles. The molecule has 0 heterocycles. The van der Waals surface area contributed by atoms with Gasteiger partial charge < -0.3 is 10.8 Å². The largest absolute Gasteiger partial charge is 0.478 e. The first-order chi connectivity index (χ1) is 7.52. The summed E-state index contributed by atoms with van der Waals surface area (Å²) in [5.41, 5.74) is 8.08. The highest BCUT2D eigenvalue weighted by Gasteiger charge is 2.02. The Bertz CT molecular complexity index is 427. The first-order valence-electron chi connectivity index (χ1n) is 4.90. The predicted molar refractivity (Wildman–Crippen MR) is 67.7 cm³/mol. The van der Waals surface area contributed by atoms with E-state index >= 15 is 0 Å². The van der Waals surface area contributed by atoms with Gasteiger partial charge in [-0.2, -0.15) is 0 Å². The van der Waals surface area contributed by atoms with Crippen LogP contribution >= 0.6 is 11.8 Å². The molecule has 86 valence electrons. The van der Waals surface area contributed by atoms with Crippen LogP contribution in [0.4, 0.5) is 5.69 Å². The van der Waals surface area contributed by atoms with Crippen LogP contribution in [0.1, 0.15) is 12.5 Å². The summed E-state index contributed by atoms with van der Waals surface area (Å²) in [5, 5.41) is 8.68. The van der Waals surface area contributed by atoms with Crippen molar-refractivity contribution in [2.45, 2.75) is 18.7 Å². The quantitative estimate of drug-likeness (QED) is 0.480. The fourth-order valence-electron chi connectivity index (χ4n) is 1.12. The molecule has 3 nitrogen and oxygen atoms in total. The molecule has 0 radical (unpaired) electrons. The van der Waals surface area contributed by atoms with Gasteiger partial charge in [-0.1, -0.05) is 18.2 Å². The third-order valence-electron chi connectivity index (χ3n) is 2.25. The van der Waals surface area contributed by atoms with Crippen LogP contribution in [0.3, 0.4) is 0 Å². The number of carbonyl (C=O) groups is 1. The van der Waals surface area contributed by atoms with Crippen molar-refractivity contribution in [2.24, 2.45) is 0 Å². The van der Waals surface area contributed by atoms with Crippen LogP contribution in [0.15, 0.2) is 34.7 Å². The Morgan fingerprint density at radius 3 is 2.88 bits per heavy atom. The Kier molecular flexibility index (Phi) is 4.43. The van der Waals surface area contributed by atoms with Gasteiger partial charge in [-0.3, -0.25) is 0 Å². The lowest BCUT2D eigenvalue weighted by molar-refractivity contribution is -0.132. The van der Waals surface area contributed by atoms with Crippen molar-refractivity contribution in [1.82, 2.24) is 0 Å². The topological polar surface area (TPSA) is 63.3 Å². The zero-order valence-corrected chi connectivity index (χ0v) is 10.2. The summed E-state index contributed by atoms with van der Waals surface area (Å²) in [7, 11) is 0. The normalized spacial score (nSPS) is 11.5. The molecule has 1 aromatic carbocycles. The van der Waals surface area contributed by atoms with Crippen LogP contribution in [0, 0.1) is 6.92 Å². The molecule has 0 bridgehead atoms. The summed E-state index contributed by atoms with van der Waals surface area (Å²) in [6.07, 6.45) is 1.69. The van der Waals surface area contributed by atoms with Gasteiger partial charge in [-0.15, -0.1) is 11.8 Å². The Balaban J connectivity index is 2.66. The average molecular weight is 237 g/mol. The van der Waals surface area contributed by atoms with Gasteiger partial charge in [0, 0.05) is 21.9 Å². The number of hydrogen-bond donors (Lipinski definition) is 2. The van der Waals surface area contributed by atoms with E-state index in [1.807, 2.05) is 25.1 Å². The minimum absolute atomic E-state index is 0.360. The van der Waals surface area contributed by atoms with Gasteiger partial charge in [0.15, 0.2) is 0 Å². The smallest absolute Gasteiger partial charge is 0.330 e. The lowest BCUT2D eigenvalue weighted by Crippen LogP contribution is -1.96. The van der Waals surface area contributed by atoms with E-state index in [2.05, 4.69) is 0 Å². The average Bonchev–Trinajstić information content (AvgIpc) is 2.24. The second-order valence-corrected chi connectivity index (χ2v) is 4.55. The van der Waals surface area contributed by atoms with Crippen molar-refractivity contribution < 1.29 is 9.90 Å². The number of benzene rings is 1. The number of carboxylic acids is 1. The maximum Gasteiger partial charge on any atom is 0.330 e. The molecule has 16 heavy (non-hydrogen) atoms. The molecule has 0 unspecified atom stereocenters. The molecule has 0 amide bonds. The fraction of sp³-hybridized carbons (Fsp3) is 0.250. The van der Waals surface area contributed by atoms with E-state index in [0.717, 1.165) is 16.1 Å². The van der Waals surface area contributed by atoms with Gasteiger partial charge in [0.2, 0.25) is 0 Å². The monoisotopic (exact) mass is 237 g/mol. The maximum absolute atomic E-state index is 10.6. The van der Waals surface area contributed by atoms with E-state index < -0.39 is 5.97 Å². The summed E-state index contributed by atoms with van der Waals surface area (Å²) in [6, 6.07) is 5.84. The first kappa shape index (κ1) is 12.6. The summed E-state index contributed by atoms with van der Waals surface area (Å²) < 4.78 is 0. The lowest BCUT2D eigenvalue weighted by Gasteiger charge is -2.06. The molecule has 0 aliphatic rings. The van der Waals surface area contributed by atoms with Crippen molar-refractivity contribution in [3.63, 3.8) is 0 Å². The minimum Gasteiger partial charge on any atom is -0.478 e. The molecule has 0 saturated carbocycles. The molecular weight excluding hydrogens is 222 g/mol. The molecule has 1 rings (SSSR count). The van der Waals surface area contributed by atoms with Gasteiger partial charge in [-0.25, -0.2) is 4.79 Å². The molecule has 0 spiro atoms. The highest BCUT2D eigenvalue weighted by molar-refractivity contribution is 7.99. The maximum atomic E-state index is 10.6. The SMILES string of the molecule is CC(=CCSc1cccc(C)c1N)C(=O)O. The Morgan fingerprint density at radius 2 is 2.25 bits per heavy atom. The van der Waals surface area contributed by atoms with E-state index in [4.69, 9.17) is 10.8 Å². The summed E-state index contributed by atoms with van der Waals surface area (Å²) >= 11 is 1.54. The van der Waals surface area contributed by atoms with Gasteiger partial charge in [0.1, 0.15) is 0 Å². The van der Waals surface area contributed by atoms with Crippen molar-refractivity contribution >= 4 is 23.4 Å². The number of carboxylic acid groups (broad SMARTS) is 1. The lowest BCUT2D eigenvalue weighted by atomic mass is 10.2. The molecule has 4 heteroatoms. The molecule has 0 aliphatic carbocycles. The van der Waals surface area contributed by atoms with Crippen LogP contribution in [-0.4, -0.2) is 16.8 Å². The number of aryl methyl sites for hydroxylation is 1. The molecule has 0 saturated heterocycles. The standard InChI is InChI=1S/C12H15NO2S/c1-8-4-3-5-10(11(8)13)16-7-6-9(2)12(14)15/h3-6H,7,13H2,1-2H3,(H,14,15). The van der Waals surface area contributed by atoms with Gasteiger partial charge in [0.25, 0.3) is 0 Å². The molecular formula is C12H15NO2S. The highest BCUT2D eigenvalue weighted by Crippen LogP contribution is 2.27. The second-order valence-electron chi connectivity index (χ2n) is 3.49. The molecule has 0 fully saturated rings. The minimum atomic E-state index is -0.877. The highest BCUT2D eigenvalue weighted by atomic mass is 32.2. The van der Waals surface area contributed by atoms with Crippen LogP contribution in [0.2, 0.25) is 0 Å². The van der Waals surface area contributed by atoms with E-state index in [0.29, 0.717) is 11.3 Å². The van der Waals surface area contributed by atoms with Crippen LogP contribution < -0.4 is 5.73 Å². The fourth-order valence-corrected chi connectivity index (χ4v) is 2.13. The number of anilines is 1. The Labute approximate surface area is 99.4 Å².